The summed E-state index contributed by atoms with van der Waals surface area (Å²) in [5.41, 5.74) is 8.00. The van der Waals surface area contributed by atoms with Gasteiger partial charge < -0.3 is 0 Å². The Morgan fingerprint density at radius 1 is 0.677 bits per heavy atom. The van der Waals surface area contributed by atoms with E-state index in [-0.39, 0.29) is 5.41 Å². The maximum absolute atomic E-state index is 2.59. The van der Waals surface area contributed by atoms with Crippen molar-refractivity contribution in [2.75, 3.05) is 0 Å². The average Bonchev–Trinajstić information content (AvgIpc) is 3.08. The summed E-state index contributed by atoms with van der Waals surface area (Å²) in [6.07, 6.45) is 14.5. The first-order valence-corrected chi connectivity index (χ1v) is 13.4. The van der Waals surface area contributed by atoms with Crippen molar-refractivity contribution in [3.05, 3.63) is 59.2 Å². The Hall–Kier alpha value is -1.56. The van der Waals surface area contributed by atoms with Crippen LogP contribution in [-0.2, 0) is 11.8 Å². The van der Waals surface area contributed by atoms with Gasteiger partial charge in [-0.05, 0) is 58.9 Å². The lowest BCUT2D eigenvalue weighted by Crippen LogP contribution is -2.31. The van der Waals surface area contributed by atoms with E-state index in [2.05, 4.69) is 77.1 Å². The molecule has 2 atom stereocenters. The molecule has 0 aromatic heterocycles. The molecule has 2 unspecified atom stereocenters. The number of hydrogen-bond donors (Lipinski definition) is 0. The molecular formula is C31H46. The van der Waals surface area contributed by atoms with Crippen LogP contribution in [0.5, 0.6) is 0 Å². The van der Waals surface area contributed by atoms with E-state index in [1.165, 1.54) is 80.9 Å². The van der Waals surface area contributed by atoms with Gasteiger partial charge >= 0.3 is 0 Å². The monoisotopic (exact) mass is 418 g/mol. The molecule has 1 aliphatic carbocycles. The highest BCUT2D eigenvalue weighted by Crippen LogP contribution is 2.56. The van der Waals surface area contributed by atoms with Crippen molar-refractivity contribution in [1.29, 1.82) is 0 Å². The molecule has 0 fully saturated rings. The molecule has 1 aliphatic rings. The third-order valence-corrected chi connectivity index (χ3v) is 8.10. The number of fused-ring (bicyclic) bond motifs is 3. The SMILES string of the molecule is CCCCC(CC)CC1(CC(CC)CCCC)c2ccccc2-c2ccc(CC)cc21. The van der Waals surface area contributed by atoms with Crippen LogP contribution in [0.3, 0.4) is 0 Å². The van der Waals surface area contributed by atoms with E-state index in [0.717, 1.165) is 18.3 Å². The molecule has 0 nitrogen and oxygen atoms in total. The molecule has 2 aromatic carbocycles. The highest BCUT2D eigenvalue weighted by molar-refractivity contribution is 5.81. The predicted molar refractivity (Wildman–Crippen MR) is 138 cm³/mol. The Labute approximate surface area is 192 Å². The van der Waals surface area contributed by atoms with Gasteiger partial charge in [0.1, 0.15) is 0 Å². The molecule has 0 bridgehead atoms. The summed E-state index contributed by atoms with van der Waals surface area (Å²) in [5.74, 6) is 1.63. The molecule has 0 saturated heterocycles. The molecule has 3 rings (SSSR count). The van der Waals surface area contributed by atoms with E-state index in [4.69, 9.17) is 0 Å². The lowest BCUT2D eigenvalue weighted by Gasteiger charge is -2.38. The van der Waals surface area contributed by atoms with E-state index >= 15 is 0 Å². The summed E-state index contributed by atoms with van der Waals surface area (Å²) < 4.78 is 0. The zero-order valence-electron chi connectivity index (χ0n) is 21.0. The minimum absolute atomic E-state index is 0.194. The van der Waals surface area contributed by atoms with Crippen LogP contribution in [0.4, 0.5) is 0 Å². The molecule has 0 heterocycles. The molecule has 31 heavy (non-hydrogen) atoms. The van der Waals surface area contributed by atoms with Crippen molar-refractivity contribution in [3.63, 3.8) is 0 Å². The quantitative estimate of drug-likeness (QED) is 0.303. The second-order valence-electron chi connectivity index (χ2n) is 10.1. The van der Waals surface area contributed by atoms with Gasteiger partial charge in [-0.3, -0.25) is 0 Å². The number of unbranched alkanes of at least 4 members (excludes halogenated alkanes) is 2. The van der Waals surface area contributed by atoms with Gasteiger partial charge in [0.05, 0.1) is 0 Å². The van der Waals surface area contributed by atoms with E-state index in [1.54, 1.807) is 11.1 Å². The largest absolute Gasteiger partial charge is 0.0654 e. The fourth-order valence-electron chi connectivity index (χ4n) is 6.12. The normalized spacial score (nSPS) is 19.1. The summed E-state index contributed by atoms with van der Waals surface area (Å²) in [4.78, 5) is 0. The molecule has 0 spiro atoms. The van der Waals surface area contributed by atoms with E-state index < -0.39 is 0 Å². The fraction of sp³-hybridized carbons (Fsp3) is 0.613. The number of rotatable bonds is 13. The highest BCUT2D eigenvalue weighted by Gasteiger charge is 2.45. The Morgan fingerprint density at radius 2 is 1.26 bits per heavy atom. The van der Waals surface area contributed by atoms with Gasteiger partial charge in [0.25, 0.3) is 0 Å². The standard InChI is InChI=1S/C31H46/c1-6-11-15-25(9-4)22-31(23-26(10-5)16-12-7-2)29-18-14-13-17-27(29)28-20-19-24(8-3)21-30(28)31/h13-14,17-21,25-26H,6-12,15-16,22-23H2,1-5H3. The van der Waals surface area contributed by atoms with E-state index in [0.29, 0.717) is 0 Å². The molecule has 0 amide bonds. The van der Waals surface area contributed by atoms with Gasteiger partial charge in [0, 0.05) is 5.41 Å². The minimum Gasteiger partial charge on any atom is -0.0654 e. The van der Waals surface area contributed by atoms with Gasteiger partial charge in [0.15, 0.2) is 0 Å². The maximum Gasteiger partial charge on any atom is 0.0220 e. The zero-order valence-corrected chi connectivity index (χ0v) is 21.0. The van der Waals surface area contributed by atoms with Gasteiger partial charge in [0.2, 0.25) is 0 Å². The van der Waals surface area contributed by atoms with Crippen molar-refractivity contribution >= 4 is 0 Å². The topological polar surface area (TPSA) is 0 Å². The van der Waals surface area contributed by atoms with Crippen LogP contribution < -0.4 is 0 Å². The predicted octanol–water partition coefficient (Wildman–Crippen LogP) is 9.73. The van der Waals surface area contributed by atoms with Gasteiger partial charge in [-0.2, -0.15) is 0 Å². The number of aryl methyl sites for hydroxylation is 1. The van der Waals surface area contributed by atoms with Crippen LogP contribution in [0.1, 0.15) is 116 Å². The van der Waals surface area contributed by atoms with Crippen molar-refractivity contribution in [3.8, 4) is 11.1 Å². The summed E-state index contributed by atoms with van der Waals surface area (Å²) in [7, 11) is 0. The molecule has 170 valence electrons. The number of benzene rings is 2. The Balaban J connectivity index is 2.14. The molecule has 0 aliphatic heterocycles. The molecule has 2 aromatic rings. The van der Waals surface area contributed by atoms with Crippen molar-refractivity contribution < 1.29 is 0 Å². The third-order valence-electron chi connectivity index (χ3n) is 8.10. The molecule has 0 heteroatoms. The minimum atomic E-state index is 0.194. The number of hydrogen-bond acceptors (Lipinski definition) is 0. The second-order valence-corrected chi connectivity index (χ2v) is 10.1. The van der Waals surface area contributed by atoms with E-state index in [1.807, 2.05) is 0 Å². The molecule has 0 radical (unpaired) electrons. The Bertz CT molecular complexity index is 797. The third kappa shape index (κ3) is 5.10. The summed E-state index contributed by atoms with van der Waals surface area (Å²) in [6, 6.07) is 16.8. The van der Waals surface area contributed by atoms with Crippen LogP contribution in [-0.4, -0.2) is 0 Å². The molecule has 0 N–H and O–H groups in total. The van der Waals surface area contributed by atoms with E-state index in [9.17, 15) is 0 Å². The first-order valence-electron chi connectivity index (χ1n) is 13.4. The van der Waals surface area contributed by atoms with Gasteiger partial charge in [-0.15, -0.1) is 0 Å². The maximum atomic E-state index is 2.59. The lowest BCUT2D eigenvalue weighted by molar-refractivity contribution is 0.266. The second kappa shape index (κ2) is 11.3. The molecular weight excluding hydrogens is 372 g/mol. The van der Waals surface area contributed by atoms with Crippen LogP contribution in [0.2, 0.25) is 0 Å². The average molecular weight is 419 g/mol. The molecule has 0 saturated carbocycles. The summed E-state index contributed by atoms with van der Waals surface area (Å²) in [5, 5.41) is 0. The van der Waals surface area contributed by atoms with Crippen molar-refractivity contribution in [2.45, 2.75) is 111 Å². The smallest absolute Gasteiger partial charge is 0.0220 e. The van der Waals surface area contributed by atoms with Gasteiger partial charge in [-0.1, -0.05) is 128 Å². The first-order chi connectivity index (χ1) is 15.1. The highest BCUT2D eigenvalue weighted by atomic mass is 14.5. The summed E-state index contributed by atoms with van der Waals surface area (Å²) >= 11 is 0. The zero-order chi connectivity index (χ0) is 22.3. The van der Waals surface area contributed by atoms with Gasteiger partial charge in [-0.25, -0.2) is 0 Å². The van der Waals surface area contributed by atoms with Crippen LogP contribution in [0.25, 0.3) is 11.1 Å². The Morgan fingerprint density at radius 3 is 1.81 bits per heavy atom. The van der Waals surface area contributed by atoms with Crippen molar-refractivity contribution in [1.82, 2.24) is 0 Å². The van der Waals surface area contributed by atoms with Crippen molar-refractivity contribution in [2.24, 2.45) is 11.8 Å². The Kier molecular flexibility index (Phi) is 8.82. The lowest BCUT2D eigenvalue weighted by atomic mass is 9.65. The van der Waals surface area contributed by atoms with Crippen LogP contribution >= 0.6 is 0 Å². The fourth-order valence-corrected chi connectivity index (χ4v) is 6.12. The van der Waals surface area contributed by atoms with Crippen LogP contribution in [0, 0.1) is 11.8 Å². The van der Waals surface area contributed by atoms with Crippen LogP contribution in [0.15, 0.2) is 42.5 Å². The summed E-state index contributed by atoms with van der Waals surface area (Å²) in [6.45, 7) is 11.8. The first kappa shape index (κ1) is 24.1.